The first-order valence-corrected chi connectivity index (χ1v) is 16.0. The van der Waals surface area contributed by atoms with E-state index in [2.05, 4.69) is 48.9 Å². The van der Waals surface area contributed by atoms with E-state index in [1.165, 1.54) is 18.5 Å². The molecule has 244 valence electrons. The summed E-state index contributed by atoms with van der Waals surface area (Å²) in [5.74, 6) is 0.729. The lowest BCUT2D eigenvalue weighted by Gasteiger charge is -2.43. The van der Waals surface area contributed by atoms with E-state index in [1.54, 1.807) is 30.4 Å². The fraction of sp³-hybridized carbons (Fsp3) is 0.424. The Bertz CT molecular complexity index is 1560. The Hall–Kier alpha value is -3.97. The molecule has 13 heteroatoms. The molecule has 3 saturated heterocycles. The van der Waals surface area contributed by atoms with Crippen LogP contribution in [-0.2, 0) is 9.63 Å². The maximum atomic E-state index is 14.9. The standard InChI is InChI=1S/C33H40ClFN8O3/c1-4-32(44)39-25-18-26(29(45-3)19-28(25)42-11-8-22(9-12-42)41-15-13-40(2)14-16-41)38-30-20-31(37-21-36-30)43-27(10-17-46-43)23-6-5-7-24(34)33(23)35/h4-7,18-22,27H,1,8-17H2,2-3H3,(H,39,44)(H,36,37,38). The minimum absolute atomic E-state index is 0.0590. The van der Waals surface area contributed by atoms with E-state index in [4.69, 9.17) is 21.2 Å². The number of rotatable bonds is 9. The largest absolute Gasteiger partial charge is 0.494 e. The van der Waals surface area contributed by atoms with Gasteiger partial charge in [0, 0.05) is 69.4 Å². The number of hydrogen-bond acceptors (Lipinski definition) is 10. The van der Waals surface area contributed by atoms with Crippen LogP contribution in [0.3, 0.4) is 0 Å². The molecular weight excluding hydrogens is 611 g/mol. The Kier molecular flexibility index (Phi) is 9.88. The summed E-state index contributed by atoms with van der Waals surface area (Å²) in [7, 11) is 3.79. The summed E-state index contributed by atoms with van der Waals surface area (Å²) in [5.41, 5.74) is 2.56. The van der Waals surface area contributed by atoms with Gasteiger partial charge in [0.1, 0.15) is 23.7 Å². The molecule has 3 fully saturated rings. The third-order valence-corrected chi connectivity index (χ3v) is 9.30. The molecule has 1 atom stereocenters. The Morgan fingerprint density at radius 2 is 1.87 bits per heavy atom. The predicted octanol–water partition coefficient (Wildman–Crippen LogP) is 5.25. The maximum Gasteiger partial charge on any atom is 0.247 e. The van der Waals surface area contributed by atoms with Crippen LogP contribution in [-0.4, -0.2) is 91.7 Å². The number of ether oxygens (including phenoxy) is 1. The highest BCUT2D eigenvalue weighted by molar-refractivity contribution is 6.30. The number of carbonyl (C=O) groups is 1. The van der Waals surface area contributed by atoms with Gasteiger partial charge in [0.2, 0.25) is 5.91 Å². The molecule has 0 aliphatic carbocycles. The molecule has 3 aliphatic rings. The number of aromatic nitrogens is 2. The number of benzene rings is 2. The molecule has 0 spiro atoms. The van der Waals surface area contributed by atoms with Crippen LogP contribution in [0.2, 0.25) is 5.02 Å². The van der Waals surface area contributed by atoms with Crippen molar-refractivity contribution in [2.45, 2.75) is 31.3 Å². The molecule has 2 N–H and O–H groups in total. The summed E-state index contributed by atoms with van der Waals surface area (Å²) in [6.45, 7) is 10.2. The number of methoxy groups -OCH3 is 1. The number of likely N-dealkylation sites (N-methyl/N-ethyl adjacent to an activating group) is 1. The quantitative estimate of drug-likeness (QED) is 0.299. The van der Waals surface area contributed by atoms with Gasteiger partial charge < -0.3 is 25.2 Å². The van der Waals surface area contributed by atoms with E-state index < -0.39 is 11.9 Å². The first kappa shape index (κ1) is 32.0. The molecule has 0 saturated carbocycles. The van der Waals surface area contributed by atoms with Gasteiger partial charge in [-0.05, 0) is 38.1 Å². The number of piperazine rings is 1. The molecule has 1 aromatic heterocycles. The zero-order chi connectivity index (χ0) is 32.2. The van der Waals surface area contributed by atoms with Crippen LogP contribution in [0.25, 0.3) is 0 Å². The number of piperidine rings is 1. The molecule has 3 aliphatic heterocycles. The Labute approximate surface area is 273 Å². The van der Waals surface area contributed by atoms with Crippen molar-refractivity contribution >= 4 is 46.2 Å². The van der Waals surface area contributed by atoms with Gasteiger partial charge in [-0.15, -0.1) is 0 Å². The number of halogens is 2. The van der Waals surface area contributed by atoms with Crippen LogP contribution in [0.1, 0.15) is 30.9 Å². The van der Waals surface area contributed by atoms with Crippen LogP contribution >= 0.6 is 11.6 Å². The second kappa shape index (κ2) is 14.2. The van der Waals surface area contributed by atoms with Crippen molar-refractivity contribution in [3.05, 3.63) is 71.8 Å². The van der Waals surface area contributed by atoms with Gasteiger partial charge in [-0.2, -0.15) is 0 Å². The average molecular weight is 651 g/mol. The molecular formula is C33H40ClFN8O3. The van der Waals surface area contributed by atoms with Crippen molar-refractivity contribution in [1.82, 2.24) is 19.8 Å². The molecule has 1 amide bonds. The lowest BCUT2D eigenvalue weighted by Crippen LogP contribution is -2.52. The van der Waals surface area contributed by atoms with E-state index in [9.17, 15) is 9.18 Å². The van der Waals surface area contributed by atoms with Gasteiger partial charge in [0.15, 0.2) is 5.82 Å². The Morgan fingerprint density at radius 3 is 2.61 bits per heavy atom. The number of carbonyl (C=O) groups excluding carboxylic acids is 1. The fourth-order valence-corrected chi connectivity index (χ4v) is 6.65. The Morgan fingerprint density at radius 1 is 1.09 bits per heavy atom. The number of hydroxylamine groups is 1. The zero-order valence-electron chi connectivity index (χ0n) is 26.2. The van der Waals surface area contributed by atoms with Crippen LogP contribution < -0.4 is 25.3 Å². The van der Waals surface area contributed by atoms with Crippen molar-refractivity contribution < 1.29 is 18.8 Å². The molecule has 6 rings (SSSR count). The summed E-state index contributed by atoms with van der Waals surface area (Å²) >= 11 is 6.07. The van der Waals surface area contributed by atoms with Gasteiger partial charge in [-0.1, -0.05) is 30.3 Å². The lowest BCUT2D eigenvalue weighted by atomic mass is 10.0. The van der Waals surface area contributed by atoms with Gasteiger partial charge >= 0.3 is 0 Å². The predicted molar refractivity (Wildman–Crippen MR) is 179 cm³/mol. The van der Waals surface area contributed by atoms with Crippen LogP contribution in [0.4, 0.5) is 33.1 Å². The minimum atomic E-state index is -0.473. The second-order valence-electron chi connectivity index (χ2n) is 11.8. The van der Waals surface area contributed by atoms with E-state index in [0.29, 0.717) is 53.4 Å². The topological polar surface area (TPSA) is 98.3 Å². The SMILES string of the molecule is C=CC(=O)Nc1cc(Nc2cc(N3OCCC3c3cccc(Cl)c3F)ncn2)c(OC)cc1N1CCC(N2CCN(C)CC2)CC1. The first-order valence-electron chi connectivity index (χ1n) is 15.6. The molecule has 4 heterocycles. The zero-order valence-corrected chi connectivity index (χ0v) is 27.0. The van der Waals surface area contributed by atoms with E-state index in [0.717, 1.165) is 57.8 Å². The summed E-state index contributed by atoms with van der Waals surface area (Å²) in [6.07, 6.45) is 5.33. The lowest BCUT2D eigenvalue weighted by molar-refractivity contribution is -0.111. The molecule has 46 heavy (non-hydrogen) atoms. The third-order valence-electron chi connectivity index (χ3n) is 9.01. The molecule has 3 aromatic rings. The van der Waals surface area contributed by atoms with Crippen LogP contribution in [0.15, 0.2) is 55.4 Å². The number of anilines is 5. The van der Waals surface area contributed by atoms with Gasteiger partial charge in [0.25, 0.3) is 0 Å². The monoisotopic (exact) mass is 650 g/mol. The Balaban J connectivity index is 1.23. The number of hydrogen-bond donors (Lipinski definition) is 2. The fourth-order valence-electron chi connectivity index (χ4n) is 6.47. The summed E-state index contributed by atoms with van der Waals surface area (Å²) < 4.78 is 20.7. The van der Waals surface area contributed by atoms with Crippen molar-refractivity contribution in [3.8, 4) is 5.75 Å². The molecule has 11 nitrogen and oxygen atoms in total. The molecule has 0 radical (unpaired) electrons. The number of nitrogens with one attached hydrogen (secondary N) is 2. The van der Waals surface area contributed by atoms with Gasteiger partial charge in [-0.25, -0.2) is 19.4 Å². The molecule has 2 aromatic carbocycles. The van der Waals surface area contributed by atoms with Gasteiger partial charge in [0.05, 0.1) is 41.8 Å². The summed E-state index contributed by atoms with van der Waals surface area (Å²) in [6, 6.07) is 10.6. The molecule has 0 bridgehead atoms. The third kappa shape index (κ3) is 6.90. The second-order valence-corrected chi connectivity index (χ2v) is 12.2. The van der Waals surface area contributed by atoms with Crippen LogP contribution in [0, 0.1) is 5.82 Å². The number of nitrogens with zero attached hydrogens (tertiary/aromatic N) is 6. The summed E-state index contributed by atoms with van der Waals surface area (Å²) in [5, 5.41) is 7.95. The van der Waals surface area contributed by atoms with Gasteiger partial charge in [-0.3, -0.25) is 14.5 Å². The minimum Gasteiger partial charge on any atom is -0.494 e. The molecule has 1 unspecified atom stereocenters. The van der Waals surface area contributed by atoms with E-state index >= 15 is 0 Å². The van der Waals surface area contributed by atoms with Crippen molar-refractivity contribution in [2.24, 2.45) is 0 Å². The highest BCUT2D eigenvalue weighted by Crippen LogP contribution is 2.41. The van der Waals surface area contributed by atoms with Crippen LogP contribution in [0.5, 0.6) is 5.75 Å². The average Bonchev–Trinajstić information content (AvgIpc) is 3.57. The highest BCUT2D eigenvalue weighted by Gasteiger charge is 2.32. The van der Waals surface area contributed by atoms with Crippen molar-refractivity contribution in [2.75, 3.05) is 80.6 Å². The smallest absolute Gasteiger partial charge is 0.247 e. The highest BCUT2D eigenvalue weighted by atomic mass is 35.5. The van der Waals surface area contributed by atoms with E-state index in [-0.39, 0.29) is 10.9 Å². The summed E-state index contributed by atoms with van der Waals surface area (Å²) in [4.78, 5) is 34.5. The maximum absolute atomic E-state index is 14.9. The van der Waals surface area contributed by atoms with Crippen molar-refractivity contribution in [3.63, 3.8) is 0 Å². The van der Waals surface area contributed by atoms with E-state index in [1.807, 2.05) is 12.1 Å². The normalized spacial score (nSPS) is 19.7. The number of amides is 1. The van der Waals surface area contributed by atoms with Crippen molar-refractivity contribution in [1.29, 1.82) is 0 Å². The first-order chi connectivity index (χ1) is 22.3.